The van der Waals surface area contributed by atoms with E-state index in [1.165, 1.54) is 44.0 Å². The lowest BCUT2D eigenvalue weighted by Gasteiger charge is -2.26. The van der Waals surface area contributed by atoms with E-state index in [1.807, 2.05) is 0 Å². The van der Waals surface area contributed by atoms with E-state index in [1.54, 1.807) is 0 Å². The standard InChI is InChI=1S/C10H21NS/c1-10(2)4-3-5-11-6-8-12-9-7-11/h10H,3-9H2,1-2H3. The minimum Gasteiger partial charge on any atom is -0.302 e. The molecule has 0 unspecified atom stereocenters. The lowest BCUT2D eigenvalue weighted by atomic mass is 10.1. The van der Waals surface area contributed by atoms with Gasteiger partial charge in [-0.1, -0.05) is 13.8 Å². The molecule has 12 heavy (non-hydrogen) atoms. The molecule has 0 aromatic heterocycles. The largest absolute Gasteiger partial charge is 0.302 e. The lowest BCUT2D eigenvalue weighted by molar-refractivity contribution is 0.289. The molecule has 0 aromatic rings. The van der Waals surface area contributed by atoms with Gasteiger partial charge in [-0.15, -0.1) is 0 Å². The third-order valence-corrected chi connectivity index (χ3v) is 3.30. The summed E-state index contributed by atoms with van der Waals surface area (Å²) in [6, 6.07) is 0. The van der Waals surface area contributed by atoms with Crippen LogP contribution in [0.2, 0.25) is 0 Å². The van der Waals surface area contributed by atoms with Gasteiger partial charge in [-0.05, 0) is 25.3 Å². The van der Waals surface area contributed by atoms with Gasteiger partial charge < -0.3 is 4.90 Å². The Morgan fingerprint density at radius 2 is 1.92 bits per heavy atom. The molecule has 0 atom stereocenters. The van der Waals surface area contributed by atoms with Crippen LogP contribution in [-0.2, 0) is 0 Å². The number of hydrogen-bond donors (Lipinski definition) is 0. The highest BCUT2D eigenvalue weighted by atomic mass is 32.2. The Morgan fingerprint density at radius 3 is 2.50 bits per heavy atom. The zero-order valence-electron chi connectivity index (χ0n) is 8.38. The second-order valence-electron chi connectivity index (χ2n) is 3.99. The molecule has 1 aliphatic rings. The van der Waals surface area contributed by atoms with Crippen LogP contribution in [0, 0.1) is 5.92 Å². The van der Waals surface area contributed by atoms with Gasteiger partial charge in [-0.2, -0.15) is 11.8 Å². The molecule has 1 fully saturated rings. The molecule has 2 heteroatoms. The predicted molar refractivity (Wildman–Crippen MR) is 57.8 cm³/mol. The molecule has 0 amide bonds. The molecule has 0 aliphatic carbocycles. The summed E-state index contributed by atoms with van der Waals surface area (Å²) < 4.78 is 0. The SMILES string of the molecule is CC(C)CCCN1CCSCC1. The summed E-state index contributed by atoms with van der Waals surface area (Å²) in [7, 11) is 0. The maximum atomic E-state index is 2.61. The lowest BCUT2D eigenvalue weighted by Crippen LogP contribution is -2.33. The maximum Gasteiger partial charge on any atom is 0.00727 e. The number of rotatable bonds is 4. The van der Waals surface area contributed by atoms with Gasteiger partial charge in [0.1, 0.15) is 0 Å². The van der Waals surface area contributed by atoms with E-state index < -0.39 is 0 Å². The average Bonchev–Trinajstić information content (AvgIpc) is 2.05. The first kappa shape index (κ1) is 10.4. The van der Waals surface area contributed by atoms with Crippen LogP contribution in [0.5, 0.6) is 0 Å². The Kier molecular flexibility index (Phi) is 5.08. The van der Waals surface area contributed by atoms with Gasteiger partial charge in [0.05, 0.1) is 0 Å². The van der Waals surface area contributed by atoms with Crippen LogP contribution in [0.1, 0.15) is 26.7 Å². The normalized spacial score (nSPS) is 20.2. The van der Waals surface area contributed by atoms with Crippen LogP contribution >= 0.6 is 11.8 Å². The van der Waals surface area contributed by atoms with E-state index in [9.17, 15) is 0 Å². The van der Waals surface area contributed by atoms with Crippen LogP contribution < -0.4 is 0 Å². The van der Waals surface area contributed by atoms with Crippen molar-refractivity contribution in [2.24, 2.45) is 5.92 Å². The smallest absolute Gasteiger partial charge is 0.00727 e. The molecule has 1 aliphatic heterocycles. The van der Waals surface area contributed by atoms with Gasteiger partial charge in [0.25, 0.3) is 0 Å². The average molecular weight is 187 g/mol. The predicted octanol–water partition coefficient (Wildman–Crippen LogP) is 2.47. The molecule has 0 bridgehead atoms. The Hall–Kier alpha value is 0.310. The molecule has 0 N–H and O–H groups in total. The van der Waals surface area contributed by atoms with E-state index in [4.69, 9.17) is 0 Å². The molecule has 0 spiro atoms. The van der Waals surface area contributed by atoms with Crippen LogP contribution in [0.4, 0.5) is 0 Å². The monoisotopic (exact) mass is 187 g/mol. The molecule has 0 aromatic carbocycles. The second-order valence-corrected chi connectivity index (χ2v) is 5.21. The van der Waals surface area contributed by atoms with Crippen LogP contribution in [0.15, 0.2) is 0 Å². The molecule has 72 valence electrons. The van der Waals surface area contributed by atoms with Crippen molar-refractivity contribution in [2.75, 3.05) is 31.1 Å². The van der Waals surface area contributed by atoms with Crippen LogP contribution in [0.25, 0.3) is 0 Å². The molecule has 1 nitrogen and oxygen atoms in total. The summed E-state index contributed by atoms with van der Waals surface area (Å²) in [5.74, 6) is 3.58. The van der Waals surface area contributed by atoms with Crippen molar-refractivity contribution in [1.29, 1.82) is 0 Å². The van der Waals surface area contributed by atoms with Crippen molar-refractivity contribution in [3.8, 4) is 0 Å². The Labute approximate surface area is 80.9 Å². The van der Waals surface area contributed by atoms with Crippen molar-refractivity contribution >= 4 is 11.8 Å². The fourth-order valence-corrected chi connectivity index (χ4v) is 2.53. The number of thioether (sulfide) groups is 1. The van der Waals surface area contributed by atoms with Crippen molar-refractivity contribution in [2.45, 2.75) is 26.7 Å². The van der Waals surface area contributed by atoms with E-state index in [2.05, 4.69) is 30.5 Å². The van der Waals surface area contributed by atoms with Gasteiger partial charge in [0, 0.05) is 24.6 Å². The fourth-order valence-electron chi connectivity index (χ4n) is 1.55. The number of nitrogens with zero attached hydrogens (tertiary/aromatic N) is 1. The summed E-state index contributed by atoms with van der Waals surface area (Å²) >= 11 is 2.10. The quantitative estimate of drug-likeness (QED) is 0.665. The highest BCUT2D eigenvalue weighted by Gasteiger charge is 2.09. The molecule has 1 saturated heterocycles. The summed E-state index contributed by atoms with van der Waals surface area (Å²) in [6.07, 6.45) is 2.78. The zero-order valence-corrected chi connectivity index (χ0v) is 9.20. The summed E-state index contributed by atoms with van der Waals surface area (Å²) in [5, 5.41) is 0. The summed E-state index contributed by atoms with van der Waals surface area (Å²) in [4.78, 5) is 2.61. The molecular formula is C10H21NS. The third-order valence-electron chi connectivity index (χ3n) is 2.36. The zero-order chi connectivity index (χ0) is 8.81. The Bertz CT molecular complexity index is 108. The Balaban J connectivity index is 1.98. The minimum absolute atomic E-state index is 0.879. The van der Waals surface area contributed by atoms with Crippen molar-refractivity contribution in [3.05, 3.63) is 0 Å². The third kappa shape index (κ3) is 4.36. The second kappa shape index (κ2) is 5.87. The first-order chi connectivity index (χ1) is 5.79. The van der Waals surface area contributed by atoms with Gasteiger partial charge >= 0.3 is 0 Å². The summed E-state index contributed by atoms with van der Waals surface area (Å²) in [5.41, 5.74) is 0. The molecule has 1 heterocycles. The summed E-state index contributed by atoms with van der Waals surface area (Å²) in [6.45, 7) is 8.60. The van der Waals surface area contributed by atoms with Crippen molar-refractivity contribution in [1.82, 2.24) is 4.90 Å². The molecule has 0 radical (unpaired) electrons. The molecular weight excluding hydrogens is 166 g/mol. The van der Waals surface area contributed by atoms with Gasteiger partial charge in [-0.3, -0.25) is 0 Å². The highest BCUT2D eigenvalue weighted by Crippen LogP contribution is 2.11. The topological polar surface area (TPSA) is 3.24 Å². The van der Waals surface area contributed by atoms with Gasteiger partial charge in [-0.25, -0.2) is 0 Å². The molecule has 1 rings (SSSR count). The van der Waals surface area contributed by atoms with Gasteiger partial charge in [0.15, 0.2) is 0 Å². The fraction of sp³-hybridized carbons (Fsp3) is 1.00. The van der Waals surface area contributed by atoms with Crippen LogP contribution in [-0.4, -0.2) is 36.0 Å². The van der Waals surface area contributed by atoms with E-state index in [-0.39, 0.29) is 0 Å². The van der Waals surface area contributed by atoms with Crippen LogP contribution in [0.3, 0.4) is 0 Å². The maximum absolute atomic E-state index is 2.61. The van der Waals surface area contributed by atoms with Crippen molar-refractivity contribution < 1.29 is 0 Å². The van der Waals surface area contributed by atoms with Crippen molar-refractivity contribution in [3.63, 3.8) is 0 Å². The Morgan fingerprint density at radius 1 is 1.25 bits per heavy atom. The first-order valence-corrected chi connectivity index (χ1v) is 6.24. The molecule has 0 saturated carbocycles. The minimum atomic E-state index is 0.879. The van der Waals surface area contributed by atoms with E-state index >= 15 is 0 Å². The van der Waals surface area contributed by atoms with E-state index in [0.717, 1.165) is 5.92 Å². The van der Waals surface area contributed by atoms with Gasteiger partial charge in [0.2, 0.25) is 0 Å². The first-order valence-electron chi connectivity index (χ1n) is 5.09. The highest BCUT2D eigenvalue weighted by molar-refractivity contribution is 7.99. The number of hydrogen-bond acceptors (Lipinski definition) is 2. The van der Waals surface area contributed by atoms with E-state index in [0.29, 0.717) is 0 Å².